The Hall–Kier alpha value is -3.16. The first kappa shape index (κ1) is 20.1. The molecule has 0 radical (unpaired) electrons. The topological polar surface area (TPSA) is 85.0 Å². The zero-order chi connectivity index (χ0) is 21.3. The van der Waals surface area contributed by atoms with E-state index in [0.29, 0.717) is 0 Å². The molecule has 3 aromatic carbocycles. The first-order valence-corrected chi connectivity index (χ1v) is 11.1. The van der Waals surface area contributed by atoms with Crippen LogP contribution in [0.2, 0.25) is 0 Å². The fourth-order valence-corrected chi connectivity index (χ4v) is 4.20. The molecule has 0 saturated carbocycles. The molecule has 0 aliphatic carbocycles. The maximum atomic E-state index is 11.6. The van der Waals surface area contributed by atoms with E-state index < -0.39 is 10.0 Å². The van der Waals surface area contributed by atoms with Crippen molar-refractivity contribution in [2.45, 2.75) is 24.3 Å². The quantitative estimate of drug-likeness (QED) is 0.675. The Morgan fingerprint density at radius 1 is 1.00 bits per heavy atom. The van der Waals surface area contributed by atoms with Crippen LogP contribution in [-0.4, -0.2) is 21.2 Å². The normalized spacial score (nSPS) is 16.4. The highest BCUT2D eigenvalue weighted by atomic mass is 32.2. The van der Waals surface area contributed by atoms with E-state index in [-0.39, 0.29) is 10.9 Å². The lowest BCUT2D eigenvalue weighted by Crippen LogP contribution is -2.19. The largest absolute Gasteiger partial charge is 0.497 e. The Bertz CT molecular complexity index is 1190. The number of hydrogen-bond donors (Lipinski definition) is 1. The number of benzene rings is 3. The Morgan fingerprint density at radius 2 is 1.67 bits per heavy atom. The van der Waals surface area contributed by atoms with Gasteiger partial charge in [0.2, 0.25) is 10.0 Å². The number of sulfonamides is 1. The highest BCUT2D eigenvalue weighted by molar-refractivity contribution is 7.89. The Morgan fingerprint density at radius 3 is 2.27 bits per heavy atom. The number of hydrazone groups is 1. The number of methoxy groups -OCH3 is 1. The van der Waals surface area contributed by atoms with Crippen LogP contribution in [0.15, 0.2) is 82.8 Å². The number of nitrogens with two attached hydrogens (primary N) is 1. The average molecular weight is 422 g/mol. The van der Waals surface area contributed by atoms with Crippen LogP contribution in [0.25, 0.3) is 0 Å². The average Bonchev–Trinajstić information content (AvgIpc) is 3.19. The Balaban J connectivity index is 1.76. The second-order valence-corrected chi connectivity index (χ2v) is 8.80. The standard InChI is InChI=1S/C23H23N3O3S/c1-16-5-3-4-6-21(16)22-15-23(17-7-11-19(29-2)12-8-17)26(25-22)18-9-13-20(14-10-18)30(24,27)28/h3-14,23H,15H2,1-2H3,(H2,24,27,28). The highest BCUT2D eigenvalue weighted by Gasteiger charge is 2.30. The summed E-state index contributed by atoms with van der Waals surface area (Å²) in [6.45, 7) is 2.07. The number of aryl methyl sites for hydroxylation is 1. The molecule has 0 spiro atoms. The zero-order valence-electron chi connectivity index (χ0n) is 16.8. The number of anilines is 1. The maximum absolute atomic E-state index is 11.6. The van der Waals surface area contributed by atoms with Gasteiger partial charge in [-0.15, -0.1) is 0 Å². The van der Waals surface area contributed by atoms with Crippen molar-refractivity contribution in [3.05, 3.63) is 89.5 Å². The second kappa shape index (κ2) is 7.93. The number of rotatable bonds is 5. The van der Waals surface area contributed by atoms with Gasteiger partial charge in [-0.1, -0.05) is 36.4 Å². The molecule has 7 heteroatoms. The van der Waals surface area contributed by atoms with E-state index in [1.165, 1.54) is 12.1 Å². The lowest BCUT2D eigenvalue weighted by molar-refractivity contribution is 0.414. The predicted octanol–water partition coefficient (Wildman–Crippen LogP) is 4.01. The molecule has 1 heterocycles. The fourth-order valence-electron chi connectivity index (χ4n) is 3.68. The molecule has 1 aliphatic heterocycles. The number of hydrogen-bond acceptors (Lipinski definition) is 5. The van der Waals surface area contributed by atoms with Gasteiger partial charge in [-0.3, -0.25) is 5.01 Å². The van der Waals surface area contributed by atoms with Crippen molar-refractivity contribution in [1.29, 1.82) is 0 Å². The summed E-state index contributed by atoms with van der Waals surface area (Å²) in [4.78, 5) is 0.0783. The van der Waals surface area contributed by atoms with Gasteiger partial charge in [-0.25, -0.2) is 13.6 Å². The Labute approximate surface area is 176 Å². The molecule has 0 saturated heterocycles. The van der Waals surface area contributed by atoms with Crippen LogP contribution in [0.4, 0.5) is 5.69 Å². The molecule has 1 aliphatic rings. The molecule has 30 heavy (non-hydrogen) atoms. The lowest BCUT2D eigenvalue weighted by atomic mass is 9.96. The van der Waals surface area contributed by atoms with Crippen molar-refractivity contribution in [3.63, 3.8) is 0 Å². The van der Waals surface area contributed by atoms with Gasteiger partial charge in [-0.2, -0.15) is 5.10 Å². The maximum Gasteiger partial charge on any atom is 0.238 e. The molecular formula is C23H23N3O3S. The molecule has 3 aromatic rings. The molecular weight excluding hydrogens is 398 g/mol. The first-order chi connectivity index (χ1) is 14.4. The molecule has 154 valence electrons. The summed E-state index contributed by atoms with van der Waals surface area (Å²) in [5.41, 5.74) is 5.16. The number of nitrogens with zero attached hydrogens (tertiary/aromatic N) is 2. The first-order valence-electron chi connectivity index (χ1n) is 9.56. The number of primary sulfonamides is 1. The SMILES string of the molecule is COc1ccc(C2CC(c3ccccc3C)=NN2c2ccc(S(N)(=O)=O)cc2)cc1. The van der Waals surface area contributed by atoms with Crippen LogP contribution in [0.3, 0.4) is 0 Å². The van der Waals surface area contributed by atoms with Gasteiger partial charge >= 0.3 is 0 Å². The molecule has 6 nitrogen and oxygen atoms in total. The smallest absolute Gasteiger partial charge is 0.238 e. The monoisotopic (exact) mass is 421 g/mol. The van der Waals surface area contributed by atoms with Gasteiger partial charge in [0, 0.05) is 12.0 Å². The van der Waals surface area contributed by atoms with Crippen LogP contribution in [0.1, 0.15) is 29.2 Å². The Kier molecular flexibility index (Phi) is 5.32. The van der Waals surface area contributed by atoms with E-state index in [1.54, 1.807) is 19.2 Å². The van der Waals surface area contributed by atoms with Gasteiger partial charge in [-0.05, 0) is 54.4 Å². The van der Waals surface area contributed by atoms with Crippen molar-refractivity contribution in [1.82, 2.24) is 0 Å². The zero-order valence-corrected chi connectivity index (χ0v) is 17.6. The van der Waals surface area contributed by atoms with Crippen molar-refractivity contribution < 1.29 is 13.2 Å². The van der Waals surface area contributed by atoms with Gasteiger partial charge in [0.25, 0.3) is 0 Å². The molecule has 0 aromatic heterocycles. The van der Waals surface area contributed by atoms with E-state index in [9.17, 15) is 8.42 Å². The molecule has 0 bridgehead atoms. The fraction of sp³-hybridized carbons (Fsp3) is 0.174. The van der Waals surface area contributed by atoms with E-state index in [1.807, 2.05) is 41.4 Å². The summed E-state index contributed by atoms with van der Waals surface area (Å²) in [6.07, 6.45) is 0.730. The summed E-state index contributed by atoms with van der Waals surface area (Å²) < 4.78 is 28.5. The van der Waals surface area contributed by atoms with Gasteiger partial charge in [0.05, 0.1) is 29.4 Å². The van der Waals surface area contributed by atoms with Crippen LogP contribution in [0.5, 0.6) is 5.75 Å². The predicted molar refractivity (Wildman–Crippen MR) is 118 cm³/mol. The van der Waals surface area contributed by atoms with E-state index >= 15 is 0 Å². The van der Waals surface area contributed by atoms with E-state index in [0.717, 1.165) is 40.3 Å². The lowest BCUT2D eigenvalue weighted by Gasteiger charge is -2.24. The van der Waals surface area contributed by atoms with Crippen LogP contribution >= 0.6 is 0 Å². The summed E-state index contributed by atoms with van der Waals surface area (Å²) in [5.74, 6) is 0.792. The van der Waals surface area contributed by atoms with Crippen molar-refractivity contribution in [3.8, 4) is 5.75 Å². The summed E-state index contributed by atoms with van der Waals surface area (Å²) in [6, 6.07) is 22.6. The second-order valence-electron chi connectivity index (χ2n) is 7.24. The third-order valence-electron chi connectivity index (χ3n) is 5.30. The van der Waals surface area contributed by atoms with Crippen molar-refractivity contribution in [2.75, 3.05) is 12.1 Å². The van der Waals surface area contributed by atoms with Crippen LogP contribution < -0.4 is 14.9 Å². The van der Waals surface area contributed by atoms with Crippen molar-refractivity contribution in [2.24, 2.45) is 10.2 Å². The minimum absolute atomic E-state index is 0.0224. The van der Waals surface area contributed by atoms with Crippen LogP contribution in [-0.2, 0) is 10.0 Å². The van der Waals surface area contributed by atoms with Crippen molar-refractivity contribution >= 4 is 21.4 Å². The van der Waals surface area contributed by atoms with E-state index in [2.05, 4.69) is 19.1 Å². The summed E-state index contributed by atoms with van der Waals surface area (Å²) >= 11 is 0. The minimum Gasteiger partial charge on any atom is -0.497 e. The van der Waals surface area contributed by atoms with Crippen LogP contribution in [0, 0.1) is 6.92 Å². The third-order valence-corrected chi connectivity index (χ3v) is 6.23. The highest BCUT2D eigenvalue weighted by Crippen LogP contribution is 2.37. The van der Waals surface area contributed by atoms with Gasteiger partial charge < -0.3 is 4.74 Å². The van der Waals surface area contributed by atoms with Gasteiger partial charge in [0.1, 0.15) is 5.75 Å². The third kappa shape index (κ3) is 3.94. The summed E-state index contributed by atoms with van der Waals surface area (Å²) in [5, 5.41) is 12.1. The molecule has 4 rings (SSSR count). The van der Waals surface area contributed by atoms with E-state index in [4.69, 9.17) is 15.0 Å². The number of ether oxygens (including phenoxy) is 1. The molecule has 1 atom stereocenters. The molecule has 1 unspecified atom stereocenters. The molecule has 0 fully saturated rings. The molecule has 0 amide bonds. The minimum atomic E-state index is -3.74. The summed E-state index contributed by atoms with van der Waals surface area (Å²) in [7, 11) is -2.10. The molecule has 2 N–H and O–H groups in total. The van der Waals surface area contributed by atoms with Gasteiger partial charge in [0.15, 0.2) is 0 Å².